The minimum Gasteiger partial charge on any atom is -0.368 e. The van der Waals surface area contributed by atoms with Gasteiger partial charge in [0.15, 0.2) is 0 Å². The van der Waals surface area contributed by atoms with Crippen LogP contribution in [0.5, 0.6) is 0 Å². The summed E-state index contributed by atoms with van der Waals surface area (Å²) in [4.78, 5) is 28.0. The van der Waals surface area contributed by atoms with Crippen molar-refractivity contribution in [3.63, 3.8) is 0 Å². The van der Waals surface area contributed by atoms with Crippen molar-refractivity contribution in [2.75, 3.05) is 0 Å². The minimum absolute atomic E-state index is 0.235. The van der Waals surface area contributed by atoms with Gasteiger partial charge in [-0.3, -0.25) is 14.6 Å². The summed E-state index contributed by atoms with van der Waals surface area (Å²) in [5.74, 6) is -1.01. The summed E-state index contributed by atoms with van der Waals surface area (Å²) < 4.78 is 0.586. The van der Waals surface area contributed by atoms with Crippen LogP contribution in [0.1, 0.15) is 16.8 Å². The molecule has 2 aromatic rings. The predicted molar refractivity (Wildman–Crippen MR) is 84.9 cm³/mol. The Balaban J connectivity index is 2.29. The number of hydrogen-bond acceptors (Lipinski definition) is 3. The zero-order chi connectivity index (χ0) is 15.4. The third-order valence-corrected chi connectivity index (χ3v) is 3.28. The van der Waals surface area contributed by atoms with Crippen LogP contribution >= 0.6 is 15.9 Å². The quantitative estimate of drug-likeness (QED) is 0.868. The van der Waals surface area contributed by atoms with Crippen molar-refractivity contribution in [1.29, 1.82) is 0 Å². The molecule has 0 saturated heterocycles. The molecule has 1 aromatic heterocycles. The smallest absolute Gasteiger partial charge is 0.254 e. The molecule has 0 aliphatic carbocycles. The predicted octanol–water partition coefficient (Wildman–Crippen LogP) is 2.12. The van der Waals surface area contributed by atoms with Crippen molar-refractivity contribution in [3.8, 4) is 0 Å². The molecule has 21 heavy (non-hydrogen) atoms. The van der Waals surface area contributed by atoms with E-state index in [-0.39, 0.29) is 6.42 Å². The Kier molecular flexibility index (Phi) is 4.70. The second kappa shape index (κ2) is 6.49. The number of primary amides is 1. The van der Waals surface area contributed by atoms with E-state index in [1.807, 2.05) is 12.1 Å². The summed E-state index contributed by atoms with van der Waals surface area (Å²) >= 11 is 3.16. The molecule has 0 saturated carbocycles. The highest BCUT2D eigenvalue weighted by molar-refractivity contribution is 9.11. The third-order valence-electron chi connectivity index (χ3n) is 2.95. The molecular weight excluding hydrogens is 334 g/mol. The molecule has 0 spiro atoms. The van der Waals surface area contributed by atoms with Gasteiger partial charge in [0.25, 0.3) is 5.91 Å². The van der Waals surface area contributed by atoms with E-state index < -0.39 is 17.9 Å². The van der Waals surface area contributed by atoms with E-state index in [9.17, 15) is 9.59 Å². The fraction of sp³-hybridized carbons (Fsp3) is 0.133. The van der Waals surface area contributed by atoms with Gasteiger partial charge in [-0.05, 0) is 16.6 Å². The second-order valence-electron chi connectivity index (χ2n) is 4.53. The van der Waals surface area contributed by atoms with Gasteiger partial charge in [0, 0.05) is 18.0 Å². The number of nitrogens with one attached hydrogen (secondary N) is 1. The number of halogens is 1. The van der Waals surface area contributed by atoms with Crippen molar-refractivity contribution in [1.82, 2.24) is 10.3 Å². The molecule has 2 rings (SSSR count). The maximum absolute atomic E-state index is 12.4. The average Bonchev–Trinajstić information content (AvgIpc) is 2.45. The SMILES string of the molecule is C=C(Br)C[C@@H](NC(=O)c1cccc2cccnc12)C(N)=O. The molecule has 6 heteroatoms. The van der Waals surface area contributed by atoms with E-state index in [1.165, 1.54) is 0 Å². The Hall–Kier alpha value is -2.21. The second-order valence-corrected chi connectivity index (χ2v) is 5.65. The molecule has 5 nitrogen and oxygen atoms in total. The number of nitrogens with two attached hydrogens (primary N) is 1. The van der Waals surface area contributed by atoms with Crippen LogP contribution < -0.4 is 11.1 Å². The number of aromatic nitrogens is 1. The fourth-order valence-electron chi connectivity index (χ4n) is 1.97. The maximum Gasteiger partial charge on any atom is 0.254 e. The number of fused-ring (bicyclic) bond motifs is 1. The Labute approximate surface area is 130 Å². The number of amides is 2. The fourth-order valence-corrected chi connectivity index (χ4v) is 2.29. The van der Waals surface area contributed by atoms with Gasteiger partial charge in [0.2, 0.25) is 5.91 Å². The van der Waals surface area contributed by atoms with Crippen molar-refractivity contribution in [2.45, 2.75) is 12.5 Å². The third kappa shape index (κ3) is 3.66. The van der Waals surface area contributed by atoms with Gasteiger partial charge in [-0.2, -0.15) is 0 Å². The standard InChI is InChI=1S/C15H14BrN3O2/c1-9(16)8-12(14(17)20)19-15(21)11-6-2-4-10-5-3-7-18-13(10)11/h2-7,12H,1,8H2,(H2,17,20)(H,19,21)/t12-/m1/s1. The number of carbonyl (C=O) groups is 2. The number of hydrogen-bond donors (Lipinski definition) is 2. The van der Waals surface area contributed by atoms with Gasteiger partial charge in [0.05, 0.1) is 11.1 Å². The van der Waals surface area contributed by atoms with E-state index >= 15 is 0 Å². The number of benzene rings is 1. The van der Waals surface area contributed by atoms with Crippen molar-refractivity contribution in [2.24, 2.45) is 5.73 Å². The maximum atomic E-state index is 12.4. The lowest BCUT2D eigenvalue weighted by molar-refractivity contribution is -0.119. The summed E-state index contributed by atoms with van der Waals surface area (Å²) in [6.07, 6.45) is 1.85. The molecule has 1 heterocycles. The first-order valence-electron chi connectivity index (χ1n) is 6.26. The highest BCUT2D eigenvalue weighted by atomic mass is 79.9. The molecule has 2 amide bonds. The Bertz CT molecular complexity index is 710. The lowest BCUT2D eigenvalue weighted by Crippen LogP contribution is -2.44. The number of pyridine rings is 1. The largest absolute Gasteiger partial charge is 0.368 e. The lowest BCUT2D eigenvalue weighted by atomic mass is 10.1. The van der Waals surface area contributed by atoms with Crippen molar-refractivity contribution in [3.05, 3.63) is 53.2 Å². The van der Waals surface area contributed by atoms with Gasteiger partial charge < -0.3 is 11.1 Å². The number of para-hydroxylation sites is 1. The first-order valence-corrected chi connectivity index (χ1v) is 7.05. The van der Waals surface area contributed by atoms with Gasteiger partial charge in [-0.25, -0.2) is 0 Å². The van der Waals surface area contributed by atoms with Gasteiger partial charge >= 0.3 is 0 Å². The average molecular weight is 348 g/mol. The Morgan fingerprint density at radius 1 is 1.33 bits per heavy atom. The molecule has 1 aromatic carbocycles. The van der Waals surface area contributed by atoms with Gasteiger partial charge in [0.1, 0.15) is 6.04 Å². The lowest BCUT2D eigenvalue weighted by Gasteiger charge is -2.15. The van der Waals surface area contributed by atoms with Crippen LogP contribution in [0.15, 0.2) is 47.6 Å². The number of rotatable bonds is 5. The zero-order valence-corrected chi connectivity index (χ0v) is 12.8. The van der Waals surface area contributed by atoms with E-state index in [2.05, 4.69) is 32.8 Å². The highest BCUT2D eigenvalue weighted by Gasteiger charge is 2.20. The molecular formula is C15H14BrN3O2. The molecule has 3 N–H and O–H groups in total. The van der Waals surface area contributed by atoms with Crippen molar-refractivity contribution < 1.29 is 9.59 Å². The molecule has 0 aliphatic heterocycles. The van der Waals surface area contributed by atoms with Gasteiger partial charge in [-0.1, -0.05) is 40.7 Å². The topological polar surface area (TPSA) is 85.1 Å². The highest BCUT2D eigenvalue weighted by Crippen LogP contribution is 2.17. The van der Waals surface area contributed by atoms with Crippen LogP contribution in [-0.4, -0.2) is 22.8 Å². The van der Waals surface area contributed by atoms with Crippen LogP contribution in [0.3, 0.4) is 0 Å². The number of carbonyl (C=O) groups excluding carboxylic acids is 2. The van der Waals surface area contributed by atoms with Gasteiger partial charge in [-0.15, -0.1) is 0 Å². The Morgan fingerprint density at radius 2 is 2.05 bits per heavy atom. The summed E-state index contributed by atoms with van der Waals surface area (Å²) in [6, 6.07) is 8.14. The molecule has 1 atom stereocenters. The van der Waals surface area contributed by atoms with E-state index in [0.717, 1.165) is 5.39 Å². The van der Waals surface area contributed by atoms with Crippen LogP contribution in [0, 0.1) is 0 Å². The minimum atomic E-state index is -0.816. The molecule has 108 valence electrons. The zero-order valence-electron chi connectivity index (χ0n) is 11.2. The molecule has 0 aliphatic rings. The van der Waals surface area contributed by atoms with Crippen molar-refractivity contribution >= 4 is 38.6 Å². The molecule has 0 bridgehead atoms. The molecule has 0 unspecified atom stereocenters. The molecule has 0 radical (unpaired) electrons. The summed E-state index contributed by atoms with van der Waals surface area (Å²) in [7, 11) is 0. The van der Waals surface area contributed by atoms with Crippen LogP contribution in [0.4, 0.5) is 0 Å². The summed E-state index contributed by atoms with van der Waals surface area (Å²) in [5.41, 5.74) is 6.28. The monoisotopic (exact) mass is 347 g/mol. The van der Waals surface area contributed by atoms with Crippen LogP contribution in [-0.2, 0) is 4.79 Å². The molecule has 0 fully saturated rings. The van der Waals surface area contributed by atoms with Crippen LogP contribution in [0.2, 0.25) is 0 Å². The number of nitrogens with zero attached hydrogens (tertiary/aromatic N) is 1. The normalized spacial score (nSPS) is 11.9. The van der Waals surface area contributed by atoms with E-state index in [4.69, 9.17) is 5.73 Å². The summed E-state index contributed by atoms with van der Waals surface area (Å²) in [5, 5.41) is 3.46. The first-order chi connectivity index (χ1) is 9.99. The first kappa shape index (κ1) is 15.2. The van der Waals surface area contributed by atoms with Crippen LogP contribution in [0.25, 0.3) is 10.9 Å². The van der Waals surface area contributed by atoms with E-state index in [1.54, 1.807) is 24.4 Å². The summed E-state index contributed by atoms with van der Waals surface area (Å²) in [6.45, 7) is 3.65. The van der Waals surface area contributed by atoms with E-state index in [0.29, 0.717) is 15.6 Å². The Morgan fingerprint density at radius 3 is 2.71 bits per heavy atom.